The van der Waals surface area contributed by atoms with E-state index >= 15 is 0 Å². The standard InChI is InChI=1S/C16H16ClFO2/c1-9-6-12(17)7-10(2)16(9)20-15-5-4-13(18)8-14(15)11(3)19/h4-8,11,19H,1-3H3/t11-/m1/s1. The SMILES string of the molecule is Cc1cc(Cl)cc(C)c1Oc1ccc(F)cc1[C@@H](C)O. The highest BCUT2D eigenvalue weighted by molar-refractivity contribution is 6.30. The smallest absolute Gasteiger partial charge is 0.133 e. The van der Waals surface area contributed by atoms with Crippen LogP contribution in [0.5, 0.6) is 11.5 Å². The summed E-state index contributed by atoms with van der Waals surface area (Å²) in [5, 5.41) is 10.4. The number of benzene rings is 2. The van der Waals surface area contributed by atoms with Gasteiger partial charge < -0.3 is 9.84 Å². The van der Waals surface area contributed by atoms with Crippen LogP contribution in [0, 0.1) is 19.7 Å². The molecule has 20 heavy (non-hydrogen) atoms. The first-order chi connectivity index (χ1) is 9.38. The average molecular weight is 295 g/mol. The molecule has 1 N–H and O–H groups in total. The number of rotatable bonds is 3. The molecule has 2 nitrogen and oxygen atoms in total. The van der Waals surface area contributed by atoms with Crippen molar-refractivity contribution in [2.45, 2.75) is 26.9 Å². The normalized spacial score (nSPS) is 12.3. The lowest BCUT2D eigenvalue weighted by Gasteiger charge is -2.16. The van der Waals surface area contributed by atoms with Crippen molar-refractivity contribution in [3.8, 4) is 11.5 Å². The van der Waals surface area contributed by atoms with E-state index in [-0.39, 0.29) is 0 Å². The van der Waals surface area contributed by atoms with Gasteiger partial charge in [-0.2, -0.15) is 0 Å². The zero-order valence-electron chi connectivity index (χ0n) is 11.6. The molecule has 0 spiro atoms. The first-order valence-corrected chi connectivity index (χ1v) is 6.68. The summed E-state index contributed by atoms with van der Waals surface area (Å²) in [5.41, 5.74) is 2.19. The fraction of sp³-hybridized carbons (Fsp3) is 0.250. The summed E-state index contributed by atoms with van der Waals surface area (Å²) >= 11 is 5.98. The van der Waals surface area contributed by atoms with E-state index in [4.69, 9.17) is 16.3 Å². The number of ether oxygens (including phenoxy) is 1. The first kappa shape index (κ1) is 14.8. The van der Waals surface area contributed by atoms with Crippen LogP contribution in [0.15, 0.2) is 30.3 Å². The third kappa shape index (κ3) is 3.11. The predicted molar refractivity (Wildman–Crippen MR) is 78.0 cm³/mol. The maximum Gasteiger partial charge on any atom is 0.133 e. The molecule has 0 radical (unpaired) electrons. The van der Waals surface area contributed by atoms with Gasteiger partial charge in [-0.1, -0.05) is 11.6 Å². The van der Waals surface area contributed by atoms with E-state index in [0.717, 1.165) is 11.1 Å². The van der Waals surface area contributed by atoms with E-state index in [9.17, 15) is 9.50 Å². The number of aryl methyl sites for hydroxylation is 2. The van der Waals surface area contributed by atoms with E-state index in [2.05, 4.69) is 0 Å². The van der Waals surface area contributed by atoms with Crippen molar-refractivity contribution in [1.82, 2.24) is 0 Å². The highest BCUT2D eigenvalue weighted by atomic mass is 35.5. The Bertz CT molecular complexity index is 615. The highest BCUT2D eigenvalue weighted by Gasteiger charge is 2.14. The molecule has 0 bridgehead atoms. The third-order valence-corrected chi connectivity index (χ3v) is 3.28. The molecule has 4 heteroatoms. The average Bonchev–Trinajstić information content (AvgIpc) is 2.34. The number of aliphatic hydroxyl groups is 1. The van der Waals surface area contributed by atoms with Crippen molar-refractivity contribution in [2.24, 2.45) is 0 Å². The Morgan fingerprint density at radius 2 is 1.75 bits per heavy atom. The van der Waals surface area contributed by atoms with Crippen LogP contribution < -0.4 is 4.74 Å². The van der Waals surface area contributed by atoms with Crippen molar-refractivity contribution in [1.29, 1.82) is 0 Å². The van der Waals surface area contributed by atoms with Gasteiger partial charge in [0.15, 0.2) is 0 Å². The Balaban J connectivity index is 2.45. The Labute approximate surface area is 122 Å². The van der Waals surface area contributed by atoms with Crippen molar-refractivity contribution in [3.05, 3.63) is 57.9 Å². The second-order valence-electron chi connectivity index (χ2n) is 4.83. The summed E-state index contributed by atoms with van der Waals surface area (Å²) in [7, 11) is 0. The zero-order valence-corrected chi connectivity index (χ0v) is 12.3. The van der Waals surface area contributed by atoms with Gasteiger partial charge in [0.05, 0.1) is 6.10 Å². The number of hydrogen-bond donors (Lipinski definition) is 1. The molecule has 0 aromatic heterocycles. The Morgan fingerprint density at radius 1 is 1.15 bits per heavy atom. The number of hydrogen-bond acceptors (Lipinski definition) is 2. The molecule has 0 unspecified atom stereocenters. The molecule has 0 aliphatic heterocycles. The maximum atomic E-state index is 13.3. The third-order valence-electron chi connectivity index (χ3n) is 3.06. The van der Waals surface area contributed by atoms with Gasteiger partial charge in [0.1, 0.15) is 17.3 Å². The van der Waals surface area contributed by atoms with Crippen LogP contribution in [0.25, 0.3) is 0 Å². The van der Waals surface area contributed by atoms with Crippen LogP contribution in [0.1, 0.15) is 29.7 Å². The van der Waals surface area contributed by atoms with Gasteiger partial charge in [0.25, 0.3) is 0 Å². The maximum absolute atomic E-state index is 13.3. The van der Waals surface area contributed by atoms with Crippen LogP contribution in [-0.4, -0.2) is 5.11 Å². The largest absolute Gasteiger partial charge is 0.456 e. The first-order valence-electron chi connectivity index (χ1n) is 6.30. The molecule has 0 amide bonds. The van der Waals surface area contributed by atoms with Gasteiger partial charge in [-0.15, -0.1) is 0 Å². The summed E-state index contributed by atoms with van der Waals surface area (Å²) in [4.78, 5) is 0. The van der Waals surface area contributed by atoms with Crippen molar-refractivity contribution >= 4 is 11.6 Å². The molecule has 2 rings (SSSR count). The Morgan fingerprint density at radius 3 is 2.30 bits per heavy atom. The fourth-order valence-electron chi connectivity index (χ4n) is 2.11. The molecular formula is C16H16ClFO2. The second-order valence-corrected chi connectivity index (χ2v) is 5.27. The molecule has 2 aromatic rings. The van der Waals surface area contributed by atoms with Gasteiger partial charge in [-0.05, 0) is 62.2 Å². The quantitative estimate of drug-likeness (QED) is 0.868. The molecule has 0 heterocycles. The molecule has 0 fully saturated rings. The van der Waals surface area contributed by atoms with Crippen LogP contribution in [0.4, 0.5) is 4.39 Å². The molecule has 0 aliphatic rings. The van der Waals surface area contributed by atoms with E-state index in [1.54, 1.807) is 19.1 Å². The minimum Gasteiger partial charge on any atom is -0.456 e. The van der Waals surface area contributed by atoms with Crippen LogP contribution in [0.2, 0.25) is 5.02 Å². The fourth-order valence-corrected chi connectivity index (χ4v) is 2.43. The van der Waals surface area contributed by atoms with Gasteiger partial charge in [-0.25, -0.2) is 4.39 Å². The lowest BCUT2D eigenvalue weighted by molar-refractivity contribution is 0.195. The molecular weight excluding hydrogens is 279 g/mol. The van der Waals surface area contributed by atoms with E-state index in [0.29, 0.717) is 22.1 Å². The summed E-state index contributed by atoms with van der Waals surface area (Å²) < 4.78 is 19.1. The van der Waals surface area contributed by atoms with Gasteiger partial charge in [-0.3, -0.25) is 0 Å². The summed E-state index contributed by atoms with van der Waals surface area (Å²) in [6.07, 6.45) is -0.811. The molecule has 0 saturated heterocycles. The van der Waals surface area contributed by atoms with E-state index < -0.39 is 11.9 Å². The van der Waals surface area contributed by atoms with E-state index in [1.807, 2.05) is 13.8 Å². The lowest BCUT2D eigenvalue weighted by Crippen LogP contribution is -1.99. The number of halogens is 2. The minimum absolute atomic E-state index is 0.405. The van der Waals surface area contributed by atoms with Gasteiger partial charge >= 0.3 is 0 Å². The van der Waals surface area contributed by atoms with Crippen LogP contribution in [0.3, 0.4) is 0 Å². The van der Waals surface area contributed by atoms with Crippen molar-refractivity contribution < 1.29 is 14.2 Å². The lowest BCUT2D eigenvalue weighted by atomic mass is 10.1. The van der Waals surface area contributed by atoms with Crippen molar-refractivity contribution in [3.63, 3.8) is 0 Å². The molecule has 106 valence electrons. The van der Waals surface area contributed by atoms with Crippen LogP contribution in [-0.2, 0) is 0 Å². The van der Waals surface area contributed by atoms with Gasteiger partial charge in [0, 0.05) is 10.6 Å². The summed E-state index contributed by atoms with van der Waals surface area (Å²) in [5.74, 6) is 0.704. The zero-order chi connectivity index (χ0) is 14.9. The van der Waals surface area contributed by atoms with Crippen molar-refractivity contribution in [2.75, 3.05) is 0 Å². The summed E-state index contributed by atoms with van der Waals surface area (Å²) in [6, 6.07) is 7.71. The second kappa shape index (κ2) is 5.81. The van der Waals surface area contributed by atoms with Crippen LogP contribution >= 0.6 is 11.6 Å². The van der Waals surface area contributed by atoms with Gasteiger partial charge in [0.2, 0.25) is 0 Å². The van der Waals surface area contributed by atoms with E-state index in [1.165, 1.54) is 18.2 Å². The molecule has 0 saturated carbocycles. The molecule has 1 atom stereocenters. The Kier molecular flexibility index (Phi) is 4.31. The summed E-state index contributed by atoms with van der Waals surface area (Å²) in [6.45, 7) is 5.35. The monoisotopic (exact) mass is 294 g/mol. The molecule has 2 aromatic carbocycles. The topological polar surface area (TPSA) is 29.5 Å². The molecule has 0 aliphatic carbocycles. The minimum atomic E-state index is -0.811. The Hall–Kier alpha value is -1.58. The number of aliphatic hydroxyl groups excluding tert-OH is 1. The predicted octanol–water partition coefficient (Wildman–Crippen LogP) is 4.94. The highest BCUT2D eigenvalue weighted by Crippen LogP contribution is 2.35.